The van der Waals surface area contributed by atoms with E-state index in [1.54, 1.807) is 0 Å². The number of esters is 3. The van der Waals surface area contributed by atoms with Gasteiger partial charge in [0.1, 0.15) is 13.2 Å². The number of ether oxygens (including phenoxy) is 3. The summed E-state index contributed by atoms with van der Waals surface area (Å²) in [6.45, 7) is 6.48. The van der Waals surface area contributed by atoms with Gasteiger partial charge in [-0.15, -0.1) is 0 Å². The number of rotatable bonds is 51. The zero-order chi connectivity index (χ0) is 49.3. The molecule has 68 heavy (non-hydrogen) atoms. The molecule has 0 aromatic carbocycles. The van der Waals surface area contributed by atoms with Gasteiger partial charge < -0.3 is 14.2 Å². The van der Waals surface area contributed by atoms with Crippen molar-refractivity contribution in [1.29, 1.82) is 0 Å². The van der Waals surface area contributed by atoms with Crippen LogP contribution >= 0.6 is 0 Å². The van der Waals surface area contributed by atoms with Gasteiger partial charge in [-0.05, 0) is 38.5 Å². The second-order valence-electron chi connectivity index (χ2n) is 19.0. The Kier molecular flexibility index (Phi) is 53.4. The molecule has 390 valence electrons. The molecule has 0 radical (unpaired) electrons. The Bertz CT molecular complexity index is 1320. The Morgan fingerprint density at radius 3 is 0.897 bits per heavy atom. The van der Waals surface area contributed by atoms with Crippen molar-refractivity contribution in [2.24, 2.45) is 0 Å². The van der Waals surface area contributed by atoms with E-state index in [-0.39, 0.29) is 31.1 Å². The quantitative estimate of drug-likeness (QED) is 0.0262. The number of hydrogen-bond donors (Lipinski definition) is 0. The van der Waals surface area contributed by atoms with Crippen LogP contribution in [0.1, 0.15) is 271 Å². The van der Waals surface area contributed by atoms with Gasteiger partial charge in [0.05, 0.1) is 0 Å². The van der Waals surface area contributed by atoms with Crippen LogP contribution in [-0.2, 0) is 28.6 Å². The maximum atomic E-state index is 12.9. The maximum absolute atomic E-state index is 12.9. The van der Waals surface area contributed by atoms with Crippen LogP contribution in [0.4, 0.5) is 0 Å². The third-order valence-corrected chi connectivity index (χ3v) is 12.4. The van der Waals surface area contributed by atoms with Gasteiger partial charge in [0, 0.05) is 19.3 Å². The van der Waals surface area contributed by atoms with Crippen LogP contribution in [0.3, 0.4) is 0 Å². The second-order valence-corrected chi connectivity index (χ2v) is 19.0. The SMILES string of the molecule is CC\C=C/C=C\C=C/C=C\C=C\C=C/C=C\CCCCCC(=O)OCC(COC(=O)CCCCCCCCCCCCCCCC)OC(=O)CCCCCCCCCCCCCCCCCCC. The van der Waals surface area contributed by atoms with E-state index in [4.69, 9.17) is 14.2 Å². The molecule has 0 saturated heterocycles. The third-order valence-electron chi connectivity index (χ3n) is 12.4. The van der Waals surface area contributed by atoms with E-state index >= 15 is 0 Å². The molecule has 0 amide bonds. The lowest BCUT2D eigenvalue weighted by Gasteiger charge is -2.18. The second kappa shape index (κ2) is 56.2. The molecule has 0 rings (SSSR count). The number of hydrogen-bond acceptors (Lipinski definition) is 6. The summed E-state index contributed by atoms with van der Waals surface area (Å²) in [5.41, 5.74) is 0. The van der Waals surface area contributed by atoms with Crippen LogP contribution in [0.2, 0.25) is 0 Å². The van der Waals surface area contributed by atoms with Crippen molar-refractivity contribution < 1.29 is 28.6 Å². The van der Waals surface area contributed by atoms with Gasteiger partial charge in [0.25, 0.3) is 0 Å². The van der Waals surface area contributed by atoms with E-state index in [1.807, 2.05) is 72.9 Å². The van der Waals surface area contributed by atoms with E-state index in [0.717, 1.165) is 70.6 Å². The van der Waals surface area contributed by atoms with Gasteiger partial charge >= 0.3 is 17.9 Å². The van der Waals surface area contributed by atoms with Crippen molar-refractivity contribution in [3.63, 3.8) is 0 Å². The molecule has 0 spiro atoms. The van der Waals surface area contributed by atoms with E-state index in [9.17, 15) is 14.4 Å². The Hall–Kier alpha value is -3.41. The Balaban J connectivity index is 4.46. The molecule has 0 aliphatic heterocycles. The van der Waals surface area contributed by atoms with Crippen molar-refractivity contribution in [3.8, 4) is 0 Å². The number of unbranched alkanes of at least 4 members (excludes halogenated alkanes) is 32. The summed E-state index contributed by atoms with van der Waals surface area (Å²) >= 11 is 0. The van der Waals surface area contributed by atoms with Gasteiger partial charge in [-0.3, -0.25) is 14.4 Å². The maximum Gasteiger partial charge on any atom is 0.306 e. The van der Waals surface area contributed by atoms with Crippen molar-refractivity contribution >= 4 is 17.9 Å². The minimum atomic E-state index is -0.793. The summed E-state index contributed by atoms with van der Waals surface area (Å²) in [6.07, 6.45) is 72.8. The Morgan fingerprint density at radius 2 is 0.574 bits per heavy atom. The number of allylic oxidation sites excluding steroid dienone is 14. The first-order valence-corrected chi connectivity index (χ1v) is 28.7. The predicted molar refractivity (Wildman–Crippen MR) is 293 cm³/mol. The van der Waals surface area contributed by atoms with E-state index < -0.39 is 6.10 Å². The molecule has 1 unspecified atom stereocenters. The lowest BCUT2D eigenvalue weighted by atomic mass is 10.0. The predicted octanol–water partition coefficient (Wildman–Crippen LogP) is 19.2. The standard InChI is InChI=1S/C62H106O6/c1-4-7-10-13-16-19-22-25-28-30-31-33-34-37-40-43-46-49-52-55-61(64)67-58-59(57-66-60(63)54-51-48-45-42-39-36-27-24-21-18-15-12-9-6-3)68-62(65)56-53-50-47-44-41-38-35-32-29-26-23-20-17-14-11-8-5-2/h7,10,13,16,19,22,25,28,30-31,33-34,37,40,59H,4-6,8-9,11-12,14-15,17-18,20-21,23-24,26-27,29,32,35-36,38-39,41-58H2,1-3H3/b10-7-,16-13-,22-19-,28-25-,31-30+,34-33-,40-37-. The van der Waals surface area contributed by atoms with E-state index in [1.165, 1.54) is 161 Å². The van der Waals surface area contributed by atoms with Crippen LogP contribution in [0.5, 0.6) is 0 Å². The van der Waals surface area contributed by atoms with Crippen molar-refractivity contribution in [1.82, 2.24) is 0 Å². The molecule has 6 nitrogen and oxygen atoms in total. The van der Waals surface area contributed by atoms with E-state index in [0.29, 0.717) is 19.3 Å². The van der Waals surface area contributed by atoms with Gasteiger partial charge in [-0.25, -0.2) is 0 Å². The summed E-state index contributed by atoms with van der Waals surface area (Å²) in [5.74, 6) is -0.924. The van der Waals surface area contributed by atoms with Crippen molar-refractivity contribution in [2.75, 3.05) is 13.2 Å². The minimum absolute atomic E-state index is 0.0879. The monoisotopic (exact) mass is 947 g/mol. The molecule has 0 heterocycles. The molecule has 0 bridgehead atoms. The van der Waals surface area contributed by atoms with Crippen LogP contribution in [0.25, 0.3) is 0 Å². The van der Waals surface area contributed by atoms with Crippen molar-refractivity contribution in [3.05, 3.63) is 85.1 Å². The molecule has 0 saturated carbocycles. The molecule has 0 aliphatic rings. The molecule has 0 N–H and O–H groups in total. The number of carbonyl (C=O) groups is 3. The van der Waals surface area contributed by atoms with Gasteiger partial charge in [0.2, 0.25) is 0 Å². The summed E-state index contributed by atoms with van der Waals surface area (Å²) in [4.78, 5) is 38.1. The lowest BCUT2D eigenvalue weighted by molar-refractivity contribution is -0.167. The zero-order valence-corrected chi connectivity index (χ0v) is 44.6. The average Bonchev–Trinajstić information content (AvgIpc) is 3.34. The first-order chi connectivity index (χ1) is 33.5. The van der Waals surface area contributed by atoms with Gasteiger partial charge in [0.15, 0.2) is 6.10 Å². The highest BCUT2D eigenvalue weighted by Crippen LogP contribution is 2.16. The molecule has 0 fully saturated rings. The average molecular weight is 948 g/mol. The van der Waals surface area contributed by atoms with Crippen LogP contribution < -0.4 is 0 Å². The van der Waals surface area contributed by atoms with E-state index in [2.05, 4.69) is 32.9 Å². The molecular formula is C62H106O6. The summed E-state index contributed by atoms with van der Waals surface area (Å²) in [6, 6.07) is 0. The fourth-order valence-electron chi connectivity index (χ4n) is 8.07. The van der Waals surface area contributed by atoms with Crippen molar-refractivity contribution in [2.45, 2.75) is 277 Å². The molecular weight excluding hydrogens is 841 g/mol. The Morgan fingerprint density at radius 1 is 0.309 bits per heavy atom. The molecule has 1 atom stereocenters. The molecule has 0 aromatic heterocycles. The van der Waals surface area contributed by atoms with Crippen LogP contribution in [0.15, 0.2) is 85.1 Å². The molecule has 0 aliphatic carbocycles. The first-order valence-electron chi connectivity index (χ1n) is 28.7. The van der Waals surface area contributed by atoms with Crippen LogP contribution in [-0.4, -0.2) is 37.2 Å². The normalized spacial score (nSPS) is 12.7. The largest absolute Gasteiger partial charge is 0.462 e. The van der Waals surface area contributed by atoms with Gasteiger partial charge in [-0.2, -0.15) is 0 Å². The van der Waals surface area contributed by atoms with Crippen LogP contribution in [0, 0.1) is 0 Å². The fraction of sp³-hybridized carbons (Fsp3) is 0.726. The fourth-order valence-corrected chi connectivity index (χ4v) is 8.07. The highest BCUT2D eigenvalue weighted by molar-refractivity contribution is 5.71. The number of carbonyl (C=O) groups excluding carboxylic acids is 3. The molecule has 0 aromatic rings. The van der Waals surface area contributed by atoms with Gasteiger partial charge in [-0.1, -0.05) is 298 Å². The zero-order valence-electron chi connectivity index (χ0n) is 44.6. The minimum Gasteiger partial charge on any atom is -0.462 e. The highest BCUT2D eigenvalue weighted by atomic mass is 16.6. The lowest BCUT2D eigenvalue weighted by Crippen LogP contribution is -2.30. The Labute approximate surface area is 420 Å². The highest BCUT2D eigenvalue weighted by Gasteiger charge is 2.19. The smallest absolute Gasteiger partial charge is 0.306 e. The third kappa shape index (κ3) is 53.5. The summed E-state index contributed by atoms with van der Waals surface area (Å²) in [5, 5.41) is 0. The first kappa shape index (κ1) is 64.6. The summed E-state index contributed by atoms with van der Waals surface area (Å²) < 4.78 is 16.8. The topological polar surface area (TPSA) is 78.9 Å². The molecule has 6 heteroatoms. The summed E-state index contributed by atoms with van der Waals surface area (Å²) in [7, 11) is 0.